The number of rotatable bonds is 5. The van der Waals surface area contributed by atoms with Crippen molar-refractivity contribution in [1.29, 1.82) is 0 Å². The van der Waals surface area contributed by atoms with Gasteiger partial charge in [-0.05, 0) is 50.8 Å². The van der Waals surface area contributed by atoms with Crippen molar-refractivity contribution in [3.63, 3.8) is 0 Å². The lowest BCUT2D eigenvalue weighted by Crippen LogP contribution is -2.49. The average Bonchev–Trinajstić information content (AvgIpc) is 2.56. The zero-order valence-corrected chi connectivity index (χ0v) is 14.4. The molecule has 23 heavy (non-hydrogen) atoms. The molecule has 1 aromatic rings. The molecule has 2 amide bonds. The number of hydrogen-bond acceptors (Lipinski definition) is 2. The molecule has 0 saturated heterocycles. The van der Waals surface area contributed by atoms with E-state index in [1.165, 1.54) is 12.0 Å². The van der Waals surface area contributed by atoms with Crippen LogP contribution in [0, 0.1) is 5.41 Å². The summed E-state index contributed by atoms with van der Waals surface area (Å²) in [6.45, 7) is 5.45. The smallest absolute Gasteiger partial charge is 0.239 e. The molecular weight excluding hydrogens is 288 g/mol. The Morgan fingerprint density at radius 1 is 1.04 bits per heavy atom. The summed E-state index contributed by atoms with van der Waals surface area (Å²) in [5, 5.41) is 5.90. The number of benzene rings is 1. The third-order valence-corrected chi connectivity index (χ3v) is 4.70. The predicted molar refractivity (Wildman–Crippen MR) is 93.2 cm³/mol. The van der Waals surface area contributed by atoms with E-state index in [0.29, 0.717) is 0 Å². The monoisotopic (exact) mass is 316 g/mol. The number of carbonyl (C=O) groups excluding carboxylic acids is 2. The van der Waals surface area contributed by atoms with Crippen molar-refractivity contribution < 1.29 is 9.59 Å². The van der Waals surface area contributed by atoms with Crippen LogP contribution in [0.2, 0.25) is 0 Å². The summed E-state index contributed by atoms with van der Waals surface area (Å²) >= 11 is 0. The normalized spacial score (nSPS) is 16.0. The van der Waals surface area contributed by atoms with Crippen LogP contribution in [-0.2, 0) is 16.0 Å². The Kier molecular flexibility index (Phi) is 5.80. The summed E-state index contributed by atoms with van der Waals surface area (Å²) in [5.41, 5.74) is 0.865. The van der Waals surface area contributed by atoms with Gasteiger partial charge < -0.3 is 10.6 Å². The van der Waals surface area contributed by atoms with Gasteiger partial charge in [-0.3, -0.25) is 9.59 Å². The molecule has 2 N–H and O–H groups in total. The van der Waals surface area contributed by atoms with Gasteiger partial charge in [-0.2, -0.15) is 0 Å². The van der Waals surface area contributed by atoms with Gasteiger partial charge in [-0.15, -0.1) is 0 Å². The first-order valence-electron chi connectivity index (χ1n) is 8.65. The molecule has 1 aliphatic rings. The van der Waals surface area contributed by atoms with Gasteiger partial charge in [-0.25, -0.2) is 0 Å². The van der Waals surface area contributed by atoms with Crippen LogP contribution in [0.15, 0.2) is 24.3 Å². The molecule has 0 radical (unpaired) electrons. The summed E-state index contributed by atoms with van der Waals surface area (Å²) in [6, 6.07) is 7.96. The van der Waals surface area contributed by atoms with Crippen molar-refractivity contribution >= 4 is 17.5 Å². The van der Waals surface area contributed by atoms with Gasteiger partial charge >= 0.3 is 0 Å². The molecule has 4 nitrogen and oxygen atoms in total. The lowest BCUT2D eigenvalue weighted by atomic mass is 9.88. The van der Waals surface area contributed by atoms with Crippen molar-refractivity contribution in [3.05, 3.63) is 29.8 Å². The second kappa shape index (κ2) is 7.62. The Hall–Kier alpha value is -1.84. The second-order valence-corrected chi connectivity index (χ2v) is 6.94. The minimum absolute atomic E-state index is 0.188. The molecule has 0 atom stereocenters. The Balaban J connectivity index is 1.95. The highest BCUT2D eigenvalue weighted by Crippen LogP contribution is 2.22. The van der Waals surface area contributed by atoms with Crippen LogP contribution in [0.25, 0.3) is 0 Å². The summed E-state index contributed by atoms with van der Waals surface area (Å²) < 4.78 is 0. The van der Waals surface area contributed by atoms with E-state index in [1.54, 1.807) is 13.8 Å². The van der Waals surface area contributed by atoms with Crippen LogP contribution in [0.4, 0.5) is 5.69 Å². The van der Waals surface area contributed by atoms with Crippen molar-refractivity contribution in [2.45, 2.75) is 65.3 Å². The van der Waals surface area contributed by atoms with Gasteiger partial charge in [0.15, 0.2) is 0 Å². The fourth-order valence-electron chi connectivity index (χ4n) is 2.83. The van der Waals surface area contributed by atoms with E-state index >= 15 is 0 Å². The SMILES string of the molecule is CCc1ccc(NC(=O)C(C)(C)C(=O)NC2CCCCC2)cc1. The van der Waals surface area contributed by atoms with E-state index in [2.05, 4.69) is 17.6 Å². The molecular formula is C19H28N2O2. The summed E-state index contributed by atoms with van der Waals surface area (Å²) in [5.74, 6) is -0.456. The van der Waals surface area contributed by atoms with Gasteiger partial charge in [0.05, 0.1) is 0 Å². The molecule has 0 spiro atoms. The number of nitrogens with one attached hydrogen (secondary N) is 2. The van der Waals surface area contributed by atoms with E-state index in [9.17, 15) is 9.59 Å². The highest BCUT2D eigenvalue weighted by molar-refractivity contribution is 6.09. The second-order valence-electron chi connectivity index (χ2n) is 6.94. The number of aryl methyl sites for hydroxylation is 1. The Morgan fingerprint density at radius 3 is 2.22 bits per heavy atom. The molecule has 1 saturated carbocycles. The molecule has 0 aliphatic heterocycles. The van der Waals surface area contributed by atoms with Crippen molar-refractivity contribution in [3.8, 4) is 0 Å². The maximum Gasteiger partial charge on any atom is 0.239 e. The molecule has 0 unspecified atom stereocenters. The van der Waals surface area contributed by atoms with Gasteiger partial charge in [-0.1, -0.05) is 38.3 Å². The van der Waals surface area contributed by atoms with Gasteiger partial charge in [0.25, 0.3) is 0 Å². The molecule has 1 fully saturated rings. The fourth-order valence-corrected chi connectivity index (χ4v) is 2.83. The zero-order valence-electron chi connectivity index (χ0n) is 14.4. The van der Waals surface area contributed by atoms with Crippen LogP contribution in [0.5, 0.6) is 0 Å². The van der Waals surface area contributed by atoms with Crippen LogP contribution < -0.4 is 10.6 Å². The highest BCUT2D eigenvalue weighted by atomic mass is 16.2. The Morgan fingerprint density at radius 2 is 1.65 bits per heavy atom. The summed E-state index contributed by atoms with van der Waals surface area (Å²) in [7, 11) is 0. The Labute approximate surface area is 139 Å². The predicted octanol–water partition coefficient (Wildman–Crippen LogP) is 3.66. The molecule has 4 heteroatoms. The van der Waals surface area contributed by atoms with Crippen molar-refractivity contribution in [1.82, 2.24) is 5.32 Å². The number of anilines is 1. The standard InChI is InChI=1S/C19H28N2O2/c1-4-14-10-12-16(13-11-14)21-18(23)19(2,3)17(22)20-15-8-6-5-7-9-15/h10-13,15H,4-9H2,1-3H3,(H,20,22)(H,21,23). The third-order valence-electron chi connectivity index (χ3n) is 4.70. The quantitative estimate of drug-likeness (QED) is 0.814. The number of amides is 2. The maximum atomic E-state index is 12.5. The molecule has 0 bridgehead atoms. The van der Waals surface area contributed by atoms with Gasteiger partial charge in [0, 0.05) is 11.7 Å². The van der Waals surface area contributed by atoms with E-state index in [4.69, 9.17) is 0 Å². The lowest BCUT2D eigenvalue weighted by molar-refractivity contribution is -0.139. The topological polar surface area (TPSA) is 58.2 Å². The van der Waals surface area contributed by atoms with Gasteiger partial charge in [0.1, 0.15) is 5.41 Å². The lowest BCUT2D eigenvalue weighted by Gasteiger charge is -2.28. The van der Waals surface area contributed by atoms with E-state index in [1.807, 2.05) is 24.3 Å². The molecule has 0 aromatic heterocycles. The minimum atomic E-state index is -1.08. The van der Waals surface area contributed by atoms with Crippen molar-refractivity contribution in [2.24, 2.45) is 5.41 Å². The minimum Gasteiger partial charge on any atom is -0.352 e. The zero-order chi connectivity index (χ0) is 16.9. The third kappa shape index (κ3) is 4.57. The van der Waals surface area contributed by atoms with Crippen molar-refractivity contribution in [2.75, 3.05) is 5.32 Å². The molecule has 126 valence electrons. The first kappa shape index (κ1) is 17.5. The molecule has 1 aliphatic carbocycles. The largest absolute Gasteiger partial charge is 0.352 e. The molecule has 2 rings (SSSR count). The highest BCUT2D eigenvalue weighted by Gasteiger charge is 2.37. The van der Waals surface area contributed by atoms with E-state index < -0.39 is 5.41 Å². The number of carbonyl (C=O) groups is 2. The van der Waals surface area contributed by atoms with E-state index in [-0.39, 0.29) is 17.9 Å². The Bertz CT molecular complexity index is 543. The maximum absolute atomic E-state index is 12.5. The van der Waals surface area contributed by atoms with Crippen LogP contribution in [0.3, 0.4) is 0 Å². The first-order valence-corrected chi connectivity index (χ1v) is 8.65. The van der Waals surface area contributed by atoms with Gasteiger partial charge in [0.2, 0.25) is 11.8 Å². The molecule has 0 heterocycles. The van der Waals surface area contributed by atoms with Crippen LogP contribution in [0.1, 0.15) is 58.4 Å². The van der Waals surface area contributed by atoms with Crippen LogP contribution in [-0.4, -0.2) is 17.9 Å². The number of hydrogen-bond donors (Lipinski definition) is 2. The summed E-state index contributed by atoms with van der Waals surface area (Å²) in [6.07, 6.45) is 6.54. The first-order chi connectivity index (χ1) is 10.9. The summed E-state index contributed by atoms with van der Waals surface area (Å²) in [4.78, 5) is 25.0. The van der Waals surface area contributed by atoms with Crippen LogP contribution >= 0.6 is 0 Å². The fraction of sp³-hybridized carbons (Fsp3) is 0.579. The average molecular weight is 316 g/mol. The molecule has 1 aromatic carbocycles. The van der Waals surface area contributed by atoms with E-state index in [0.717, 1.165) is 37.8 Å².